The number of hydrogen-bond donors (Lipinski definition) is 0. The summed E-state index contributed by atoms with van der Waals surface area (Å²) in [5.41, 5.74) is 4.74. The van der Waals surface area contributed by atoms with Crippen LogP contribution < -0.4 is 0 Å². The van der Waals surface area contributed by atoms with E-state index in [0.29, 0.717) is 0 Å². The minimum atomic E-state index is -0.169. The average Bonchev–Trinajstić information content (AvgIpc) is 3.13. The van der Waals surface area contributed by atoms with Crippen molar-refractivity contribution in [3.8, 4) is 11.8 Å². The molecule has 1 aliphatic heterocycles. The number of aliphatic imine (C=N–C) groups is 1. The summed E-state index contributed by atoms with van der Waals surface area (Å²) in [5.74, 6) is 6.03. The van der Waals surface area contributed by atoms with Crippen LogP contribution >= 0.6 is 0 Å². The number of rotatable bonds is 0. The van der Waals surface area contributed by atoms with Crippen LogP contribution in [0.5, 0.6) is 0 Å². The Morgan fingerprint density at radius 3 is 1.66 bits per heavy atom. The molecule has 0 amide bonds. The topological polar surface area (TPSA) is 12.4 Å². The summed E-state index contributed by atoms with van der Waals surface area (Å²) < 4.78 is 12.5. The first-order chi connectivity index (χ1) is 13.1. The smallest absolute Gasteiger partial charge is 0.123 e. The van der Waals surface area contributed by atoms with Crippen molar-refractivity contribution in [2.24, 2.45) is 4.99 Å². The van der Waals surface area contributed by atoms with Gasteiger partial charge in [0.05, 0.1) is 0 Å². The summed E-state index contributed by atoms with van der Waals surface area (Å²) >= 11 is 0. The molecule has 3 rings (SSSR count). The second-order valence-corrected chi connectivity index (χ2v) is 8.97. The maximum absolute atomic E-state index is 12.5. The van der Waals surface area contributed by atoms with Crippen LogP contribution in [0.15, 0.2) is 65.3 Å². The van der Waals surface area contributed by atoms with Gasteiger partial charge >= 0.3 is 0 Å². The van der Waals surface area contributed by atoms with Crippen LogP contribution in [-0.4, -0.2) is 6.21 Å². The zero-order valence-corrected chi connectivity index (χ0v) is 17.8. The van der Waals surface area contributed by atoms with Gasteiger partial charge in [0, 0.05) is 18.2 Å². The van der Waals surface area contributed by atoms with Crippen molar-refractivity contribution >= 4 is 6.21 Å². The Balaban J connectivity index is 0.000000306. The predicted molar refractivity (Wildman–Crippen MR) is 125 cm³/mol. The van der Waals surface area contributed by atoms with E-state index in [-0.39, 0.29) is 24.1 Å². The Hall–Kier alpha value is -2.66. The van der Waals surface area contributed by atoms with E-state index in [4.69, 9.17) is 0 Å². The number of nitrogens with zero attached hydrogens (tertiary/aromatic N) is 1. The van der Waals surface area contributed by atoms with Gasteiger partial charge in [-0.1, -0.05) is 79.2 Å². The van der Waals surface area contributed by atoms with Crippen LogP contribution in [0.1, 0.15) is 72.1 Å². The Bertz CT molecular complexity index is 891. The molecule has 0 spiro atoms. The molecule has 0 unspecified atom stereocenters. The molecule has 0 bridgehead atoms. The van der Waals surface area contributed by atoms with Gasteiger partial charge in [-0.25, -0.2) is 4.39 Å². The van der Waals surface area contributed by atoms with Crippen LogP contribution in [-0.2, 0) is 10.8 Å². The van der Waals surface area contributed by atoms with Crippen LogP contribution in [0.3, 0.4) is 0 Å². The van der Waals surface area contributed by atoms with Gasteiger partial charge < -0.3 is 0 Å². The van der Waals surface area contributed by atoms with Gasteiger partial charge in [-0.15, -0.1) is 0 Å². The van der Waals surface area contributed by atoms with Crippen molar-refractivity contribution in [3.05, 3.63) is 82.8 Å². The summed E-state index contributed by atoms with van der Waals surface area (Å²) in [4.78, 5) is 4.17. The highest BCUT2D eigenvalue weighted by atomic mass is 19.1. The van der Waals surface area contributed by atoms with Gasteiger partial charge in [0.1, 0.15) is 11.5 Å². The molecule has 1 aliphatic rings. The van der Waals surface area contributed by atoms with Crippen molar-refractivity contribution < 1.29 is 4.39 Å². The third-order valence-corrected chi connectivity index (χ3v) is 4.44. The fourth-order valence-corrected chi connectivity index (χ4v) is 2.59. The second kappa shape index (κ2) is 10.2. The molecular formula is C27H34FN. The van der Waals surface area contributed by atoms with E-state index in [2.05, 4.69) is 82.6 Å². The Morgan fingerprint density at radius 2 is 1.24 bits per heavy atom. The van der Waals surface area contributed by atoms with E-state index < -0.39 is 0 Å². The molecule has 0 N–H and O–H groups in total. The van der Waals surface area contributed by atoms with E-state index in [1.54, 1.807) is 0 Å². The molecule has 0 atom stereocenters. The van der Waals surface area contributed by atoms with Crippen molar-refractivity contribution in [3.63, 3.8) is 0 Å². The minimum absolute atomic E-state index is 0. The molecule has 0 radical (unpaired) electrons. The Labute approximate surface area is 176 Å². The van der Waals surface area contributed by atoms with Gasteiger partial charge in [0.15, 0.2) is 0 Å². The molecule has 2 heteroatoms. The van der Waals surface area contributed by atoms with Gasteiger partial charge in [-0.3, -0.25) is 4.99 Å². The van der Waals surface area contributed by atoms with Gasteiger partial charge in [0.2, 0.25) is 0 Å². The summed E-state index contributed by atoms with van der Waals surface area (Å²) in [6.45, 7) is 13.0. The number of hydrogen-bond acceptors (Lipinski definition) is 1. The number of halogens is 1. The highest BCUT2D eigenvalue weighted by Gasteiger charge is 2.13. The van der Waals surface area contributed by atoms with Crippen LogP contribution in [0.4, 0.5) is 4.39 Å². The third kappa shape index (κ3) is 8.08. The first kappa shape index (κ1) is 24.4. The SMILES string of the molecule is C.CC(C)(C)c1ccc(C#CC2=CCC=N2)cc1.CC(C)(C)c1ccc(F)cc1. The fraction of sp³-hybridized carbons (Fsp3) is 0.370. The first-order valence-corrected chi connectivity index (χ1v) is 9.67. The molecule has 1 nitrogen and oxygen atoms in total. The second-order valence-electron chi connectivity index (χ2n) is 8.97. The van der Waals surface area contributed by atoms with Crippen molar-refractivity contribution in [2.45, 2.75) is 66.2 Å². The first-order valence-electron chi connectivity index (χ1n) is 9.67. The van der Waals surface area contributed by atoms with Crippen LogP contribution in [0.25, 0.3) is 0 Å². The summed E-state index contributed by atoms with van der Waals surface area (Å²) in [5, 5.41) is 0. The molecule has 0 saturated carbocycles. The van der Waals surface area contributed by atoms with Gasteiger partial charge in [-0.2, -0.15) is 0 Å². The molecule has 0 aliphatic carbocycles. The zero-order valence-electron chi connectivity index (χ0n) is 17.8. The van der Waals surface area contributed by atoms with Crippen molar-refractivity contribution in [2.75, 3.05) is 0 Å². The molecule has 29 heavy (non-hydrogen) atoms. The van der Waals surface area contributed by atoms with E-state index in [0.717, 1.165) is 17.7 Å². The molecule has 0 saturated heterocycles. The van der Waals surface area contributed by atoms with E-state index in [9.17, 15) is 4.39 Å². The lowest BCUT2D eigenvalue weighted by atomic mass is 9.87. The van der Waals surface area contributed by atoms with Crippen molar-refractivity contribution in [1.82, 2.24) is 0 Å². The molecule has 154 valence electrons. The minimum Gasteiger partial charge on any atom is -0.252 e. The van der Waals surface area contributed by atoms with Gasteiger partial charge in [0.25, 0.3) is 0 Å². The fourth-order valence-electron chi connectivity index (χ4n) is 2.59. The van der Waals surface area contributed by atoms with Crippen LogP contribution in [0.2, 0.25) is 0 Å². The highest BCUT2D eigenvalue weighted by molar-refractivity contribution is 5.67. The maximum atomic E-state index is 12.5. The average molecular weight is 392 g/mol. The standard InChI is InChI=1S/C16H17N.C10H13F.CH4/c1-16(2,3)14-9-6-13(7-10-14)8-11-15-5-4-12-17-15;1-10(2,3)8-4-6-9(11)7-5-8;/h5-7,9-10,12H,4H2,1-3H3;4-7H,1-3H3;1H4. The summed E-state index contributed by atoms with van der Waals surface area (Å²) in [6.07, 6.45) is 4.83. The lowest BCUT2D eigenvalue weighted by molar-refractivity contribution is 0.583. The molecule has 2 aromatic rings. The lowest BCUT2D eigenvalue weighted by Gasteiger charge is -2.18. The van der Waals surface area contributed by atoms with Gasteiger partial charge in [-0.05, 0) is 58.2 Å². The van der Waals surface area contributed by atoms with Crippen LogP contribution in [0, 0.1) is 17.7 Å². The van der Waals surface area contributed by atoms with E-state index >= 15 is 0 Å². The zero-order chi connectivity index (χ0) is 20.8. The van der Waals surface area contributed by atoms with E-state index in [1.807, 2.05) is 24.4 Å². The third-order valence-electron chi connectivity index (χ3n) is 4.44. The van der Waals surface area contributed by atoms with E-state index in [1.165, 1.54) is 23.3 Å². The largest absolute Gasteiger partial charge is 0.252 e. The molecular weight excluding hydrogens is 357 g/mol. The van der Waals surface area contributed by atoms with Crippen molar-refractivity contribution in [1.29, 1.82) is 0 Å². The predicted octanol–water partition coefficient (Wildman–Crippen LogP) is 7.45. The quantitative estimate of drug-likeness (QED) is 0.413. The maximum Gasteiger partial charge on any atom is 0.123 e. The Morgan fingerprint density at radius 1 is 0.759 bits per heavy atom. The summed E-state index contributed by atoms with van der Waals surface area (Å²) in [7, 11) is 0. The molecule has 0 aromatic heterocycles. The molecule has 1 heterocycles. The monoisotopic (exact) mass is 391 g/mol. The number of allylic oxidation sites excluding steroid dienone is 2. The normalized spacial score (nSPS) is 12.7. The highest BCUT2D eigenvalue weighted by Crippen LogP contribution is 2.22. The summed E-state index contributed by atoms with van der Waals surface area (Å²) in [6, 6.07) is 15.1. The lowest BCUT2D eigenvalue weighted by Crippen LogP contribution is -2.10. The Kier molecular flexibility index (Phi) is 8.59. The molecule has 0 fully saturated rings. The number of benzene rings is 2. The molecule has 2 aromatic carbocycles.